The number of nitrogens with zero attached hydrogens (tertiary/aromatic N) is 2. The van der Waals surface area contributed by atoms with E-state index < -0.39 is 5.97 Å². The lowest BCUT2D eigenvalue weighted by Gasteiger charge is -2.27. The molecule has 2 aromatic carbocycles. The van der Waals surface area contributed by atoms with Gasteiger partial charge in [0.2, 0.25) is 0 Å². The van der Waals surface area contributed by atoms with Crippen molar-refractivity contribution in [2.24, 2.45) is 11.0 Å². The minimum Gasteiger partial charge on any atom is -0.461 e. The summed E-state index contributed by atoms with van der Waals surface area (Å²) in [4.78, 5) is 12.3. The summed E-state index contributed by atoms with van der Waals surface area (Å²) in [6.45, 7) is 4.06. The molecule has 0 aromatic heterocycles. The lowest BCUT2D eigenvalue weighted by atomic mass is 9.91. The summed E-state index contributed by atoms with van der Waals surface area (Å²) in [7, 11) is 0. The summed E-state index contributed by atoms with van der Waals surface area (Å²) >= 11 is 12.4. The van der Waals surface area contributed by atoms with Gasteiger partial charge in [0.1, 0.15) is 0 Å². The van der Waals surface area contributed by atoms with Gasteiger partial charge in [-0.15, -0.1) is 0 Å². The maximum Gasteiger partial charge on any atom is 0.354 e. The van der Waals surface area contributed by atoms with Gasteiger partial charge in [0.15, 0.2) is 5.71 Å². The van der Waals surface area contributed by atoms with Crippen LogP contribution in [0.2, 0.25) is 10.0 Å². The highest BCUT2D eigenvalue weighted by Gasteiger charge is 2.40. The van der Waals surface area contributed by atoms with Crippen molar-refractivity contribution in [2.45, 2.75) is 19.9 Å². The van der Waals surface area contributed by atoms with E-state index in [9.17, 15) is 4.79 Å². The average molecular weight is 377 g/mol. The number of halogens is 2. The monoisotopic (exact) mass is 376 g/mol. The van der Waals surface area contributed by atoms with E-state index in [0.717, 1.165) is 5.56 Å². The second kappa shape index (κ2) is 7.46. The first kappa shape index (κ1) is 17.8. The molecule has 2 atom stereocenters. The second-order valence-electron chi connectivity index (χ2n) is 5.79. The Balaban J connectivity index is 2.08. The Labute approximate surface area is 157 Å². The number of rotatable bonds is 4. The molecule has 2 unspecified atom stereocenters. The molecule has 4 nitrogen and oxygen atoms in total. The number of benzene rings is 2. The Kier molecular flexibility index (Phi) is 5.30. The minimum absolute atomic E-state index is 0.145. The van der Waals surface area contributed by atoms with Crippen LogP contribution in [0, 0.1) is 5.92 Å². The molecule has 0 spiro atoms. The van der Waals surface area contributed by atoms with E-state index in [0.29, 0.717) is 28.1 Å². The van der Waals surface area contributed by atoms with Crippen LogP contribution in [0.15, 0.2) is 53.6 Å². The van der Waals surface area contributed by atoms with Crippen LogP contribution in [0.5, 0.6) is 0 Å². The normalized spacial score (nSPS) is 19.7. The van der Waals surface area contributed by atoms with Crippen LogP contribution in [-0.2, 0) is 9.53 Å². The number of esters is 1. The molecule has 0 amide bonds. The van der Waals surface area contributed by atoms with Crippen molar-refractivity contribution in [3.63, 3.8) is 0 Å². The van der Waals surface area contributed by atoms with E-state index in [1.165, 1.54) is 0 Å². The third kappa shape index (κ3) is 3.51. The van der Waals surface area contributed by atoms with Gasteiger partial charge in [0.05, 0.1) is 23.4 Å². The van der Waals surface area contributed by atoms with Gasteiger partial charge in [0.25, 0.3) is 0 Å². The first-order valence-electron chi connectivity index (χ1n) is 8.07. The van der Waals surface area contributed by atoms with Crippen LogP contribution in [0.4, 0.5) is 5.69 Å². The first-order chi connectivity index (χ1) is 12.0. The van der Waals surface area contributed by atoms with Crippen molar-refractivity contribution in [1.82, 2.24) is 0 Å². The molecule has 0 fully saturated rings. The molecule has 1 heterocycles. The summed E-state index contributed by atoms with van der Waals surface area (Å²) in [5.74, 6) is -0.545. The topological polar surface area (TPSA) is 41.9 Å². The Bertz CT molecular complexity index is 808. The average Bonchev–Trinajstić information content (AvgIpc) is 2.93. The number of carbonyl (C=O) groups excluding carboxylic acids is 1. The summed E-state index contributed by atoms with van der Waals surface area (Å²) in [6.07, 6.45) is 0. The number of hydrazone groups is 1. The Hall–Kier alpha value is -2.04. The van der Waals surface area contributed by atoms with Gasteiger partial charge in [-0.2, -0.15) is 5.10 Å². The number of anilines is 1. The summed E-state index contributed by atoms with van der Waals surface area (Å²) in [5, 5.41) is 7.37. The number of ether oxygens (including phenoxy) is 1. The fourth-order valence-corrected chi connectivity index (χ4v) is 3.51. The molecule has 6 heteroatoms. The van der Waals surface area contributed by atoms with E-state index in [1.807, 2.05) is 43.3 Å². The molecular weight excluding hydrogens is 359 g/mol. The standard InChI is InChI=1S/C19H18Cl2N2O2/c1-3-25-19(24)17-12(2)18(13-7-5-4-6-8-13)23(22-17)16-10-9-14(20)11-15(16)21/h4-12,18H,3H2,1-2H3. The van der Waals surface area contributed by atoms with Crippen molar-refractivity contribution in [3.8, 4) is 0 Å². The largest absolute Gasteiger partial charge is 0.461 e. The minimum atomic E-state index is -0.400. The van der Waals surface area contributed by atoms with Crippen LogP contribution >= 0.6 is 23.2 Å². The van der Waals surface area contributed by atoms with Gasteiger partial charge in [-0.3, -0.25) is 5.01 Å². The van der Waals surface area contributed by atoms with E-state index in [-0.39, 0.29) is 12.0 Å². The van der Waals surface area contributed by atoms with Gasteiger partial charge in [-0.1, -0.05) is 60.5 Å². The third-order valence-electron chi connectivity index (χ3n) is 4.17. The molecule has 1 aliphatic rings. The highest BCUT2D eigenvalue weighted by atomic mass is 35.5. The first-order valence-corrected chi connectivity index (χ1v) is 8.83. The maximum absolute atomic E-state index is 12.3. The van der Waals surface area contributed by atoms with Gasteiger partial charge < -0.3 is 4.74 Å². The van der Waals surface area contributed by atoms with Crippen LogP contribution < -0.4 is 5.01 Å². The Morgan fingerprint density at radius 3 is 2.56 bits per heavy atom. The molecule has 1 aliphatic heterocycles. The van der Waals surface area contributed by atoms with Gasteiger partial charge in [-0.25, -0.2) is 4.79 Å². The van der Waals surface area contributed by atoms with Crippen molar-refractivity contribution >= 4 is 40.6 Å². The highest BCUT2D eigenvalue weighted by Crippen LogP contribution is 2.42. The van der Waals surface area contributed by atoms with Crippen molar-refractivity contribution < 1.29 is 9.53 Å². The zero-order valence-electron chi connectivity index (χ0n) is 13.9. The number of hydrogen-bond donors (Lipinski definition) is 0. The molecule has 130 valence electrons. The lowest BCUT2D eigenvalue weighted by molar-refractivity contribution is -0.135. The SMILES string of the molecule is CCOC(=O)C1=NN(c2ccc(Cl)cc2Cl)C(c2ccccc2)C1C. The predicted octanol–water partition coefficient (Wildman–Crippen LogP) is 5.11. The molecule has 3 rings (SSSR count). The fraction of sp³-hybridized carbons (Fsp3) is 0.263. The zero-order chi connectivity index (χ0) is 18.0. The van der Waals surface area contributed by atoms with E-state index in [2.05, 4.69) is 5.10 Å². The summed E-state index contributed by atoms with van der Waals surface area (Å²) < 4.78 is 5.16. The molecule has 0 radical (unpaired) electrons. The summed E-state index contributed by atoms with van der Waals surface area (Å²) in [6, 6.07) is 15.0. The van der Waals surface area contributed by atoms with E-state index >= 15 is 0 Å². The van der Waals surface area contributed by atoms with Crippen molar-refractivity contribution in [1.29, 1.82) is 0 Å². The number of hydrogen-bond acceptors (Lipinski definition) is 4. The van der Waals surface area contributed by atoms with Crippen LogP contribution in [0.25, 0.3) is 0 Å². The van der Waals surface area contributed by atoms with Gasteiger partial charge >= 0.3 is 5.97 Å². The van der Waals surface area contributed by atoms with E-state index in [1.54, 1.807) is 24.1 Å². The smallest absolute Gasteiger partial charge is 0.354 e. The molecular formula is C19H18Cl2N2O2. The van der Waals surface area contributed by atoms with Crippen molar-refractivity contribution in [3.05, 3.63) is 64.1 Å². The van der Waals surface area contributed by atoms with Crippen LogP contribution in [0.1, 0.15) is 25.5 Å². The predicted molar refractivity (Wildman–Crippen MR) is 101 cm³/mol. The summed E-state index contributed by atoms with van der Waals surface area (Å²) in [5.41, 5.74) is 2.14. The molecule has 0 saturated carbocycles. The molecule has 0 aliphatic carbocycles. The highest BCUT2D eigenvalue weighted by molar-refractivity contribution is 6.39. The Morgan fingerprint density at radius 2 is 1.92 bits per heavy atom. The molecule has 0 N–H and O–H groups in total. The Morgan fingerprint density at radius 1 is 1.20 bits per heavy atom. The van der Waals surface area contributed by atoms with Crippen molar-refractivity contribution in [2.75, 3.05) is 11.6 Å². The fourth-order valence-electron chi connectivity index (χ4n) is 3.01. The molecule has 2 aromatic rings. The quantitative estimate of drug-likeness (QED) is 0.696. The number of carbonyl (C=O) groups is 1. The van der Waals surface area contributed by atoms with Crippen LogP contribution in [-0.4, -0.2) is 18.3 Å². The molecule has 0 saturated heterocycles. The van der Waals surface area contributed by atoms with Gasteiger partial charge in [-0.05, 0) is 30.7 Å². The lowest BCUT2D eigenvalue weighted by Crippen LogP contribution is -2.27. The third-order valence-corrected chi connectivity index (χ3v) is 4.70. The van der Waals surface area contributed by atoms with E-state index in [4.69, 9.17) is 27.9 Å². The second-order valence-corrected chi connectivity index (χ2v) is 6.63. The van der Waals surface area contributed by atoms with Gasteiger partial charge in [0, 0.05) is 10.9 Å². The molecule has 25 heavy (non-hydrogen) atoms. The zero-order valence-corrected chi connectivity index (χ0v) is 15.5. The van der Waals surface area contributed by atoms with Crippen LogP contribution in [0.3, 0.4) is 0 Å². The molecule has 0 bridgehead atoms. The maximum atomic E-state index is 12.3.